The summed E-state index contributed by atoms with van der Waals surface area (Å²) < 4.78 is 1.26. The molecule has 0 atom stereocenters. The molecule has 0 unspecified atom stereocenters. The Morgan fingerprint density at radius 1 is 1.11 bits per heavy atom. The lowest BCUT2D eigenvalue weighted by atomic mass is 10.1. The first-order chi connectivity index (χ1) is 13.6. The maximum Gasteiger partial charge on any atom is 0.292 e. The minimum Gasteiger partial charge on any atom is -0.378 e. The Hall–Kier alpha value is -3.12. The van der Waals surface area contributed by atoms with Gasteiger partial charge in [-0.15, -0.1) is 0 Å². The number of nitrogens with zero attached hydrogens (tertiary/aromatic N) is 2. The van der Waals surface area contributed by atoms with E-state index in [-0.39, 0.29) is 16.5 Å². The summed E-state index contributed by atoms with van der Waals surface area (Å²) >= 11 is 6.25. The number of halogens is 1. The minimum atomic E-state index is -0.384. The van der Waals surface area contributed by atoms with Gasteiger partial charge in [-0.05, 0) is 42.7 Å². The molecule has 28 heavy (non-hydrogen) atoms. The molecule has 1 aliphatic carbocycles. The van der Waals surface area contributed by atoms with E-state index in [9.17, 15) is 9.59 Å². The van der Waals surface area contributed by atoms with Crippen molar-refractivity contribution in [1.29, 1.82) is 0 Å². The number of aromatic nitrogens is 2. The van der Waals surface area contributed by atoms with E-state index in [1.54, 1.807) is 24.3 Å². The molecule has 6 nitrogen and oxygen atoms in total. The van der Waals surface area contributed by atoms with Crippen molar-refractivity contribution in [2.45, 2.75) is 25.4 Å². The average Bonchev–Trinajstić information content (AvgIpc) is 3.54. The molecule has 1 amide bonds. The van der Waals surface area contributed by atoms with Crippen LogP contribution in [0.1, 0.15) is 28.8 Å². The van der Waals surface area contributed by atoms with Crippen LogP contribution in [-0.2, 0) is 6.54 Å². The van der Waals surface area contributed by atoms with E-state index in [0.29, 0.717) is 29.5 Å². The zero-order valence-corrected chi connectivity index (χ0v) is 15.8. The predicted molar refractivity (Wildman–Crippen MR) is 109 cm³/mol. The van der Waals surface area contributed by atoms with Crippen LogP contribution in [0.4, 0.5) is 5.69 Å². The van der Waals surface area contributed by atoms with Gasteiger partial charge in [-0.1, -0.05) is 41.9 Å². The van der Waals surface area contributed by atoms with Crippen LogP contribution >= 0.6 is 11.6 Å². The topological polar surface area (TPSA) is 76.0 Å². The first-order valence-electron chi connectivity index (χ1n) is 9.09. The quantitative estimate of drug-likeness (QED) is 0.672. The lowest BCUT2D eigenvalue weighted by molar-refractivity contribution is 0.0951. The van der Waals surface area contributed by atoms with Crippen molar-refractivity contribution in [3.63, 3.8) is 0 Å². The number of benzene rings is 2. The SMILES string of the molecule is O=C(NC1CC1)c1ccc(CNc2cnn(-c3ccccc3)c(=O)c2Cl)cc1. The van der Waals surface area contributed by atoms with Crippen LogP contribution in [0.3, 0.4) is 0 Å². The van der Waals surface area contributed by atoms with E-state index >= 15 is 0 Å². The normalized spacial score (nSPS) is 13.2. The van der Waals surface area contributed by atoms with Gasteiger partial charge in [0.25, 0.3) is 11.5 Å². The fourth-order valence-corrected chi connectivity index (χ4v) is 2.97. The van der Waals surface area contributed by atoms with Gasteiger partial charge >= 0.3 is 0 Å². The Kier molecular flexibility index (Phi) is 5.12. The molecule has 0 spiro atoms. The van der Waals surface area contributed by atoms with Crippen molar-refractivity contribution < 1.29 is 4.79 Å². The molecular weight excluding hydrogens is 376 g/mol. The molecule has 2 aromatic carbocycles. The largest absolute Gasteiger partial charge is 0.378 e. The Morgan fingerprint density at radius 2 is 1.82 bits per heavy atom. The monoisotopic (exact) mass is 394 g/mol. The molecule has 1 aliphatic rings. The van der Waals surface area contributed by atoms with Gasteiger partial charge in [0.2, 0.25) is 0 Å². The molecule has 1 aromatic heterocycles. The first-order valence-corrected chi connectivity index (χ1v) is 9.46. The second-order valence-electron chi connectivity index (χ2n) is 6.72. The van der Waals surface area contributed by atoms with E-state index in [1.165, 1.54) is 10.9 Å². The van der Waals surface area contributed by atoms with Crippen molar-refractivity contribution in [3.05, 3.63) is 87.3 Å². The van der Waals surface area contributed by atoms with Gasteiger partial charge in [0.05, 0.1) is 17.6 Å². The van der Waals surface area contributed by atoms with Crippen LogP contribution in [0.25, 0.3) is 5.69 Å². The molecule has 0 aliphatic heterocycles. The molecule has 2 N–H and O–H groups in total. The van der Waals surface area contributed by atoms with E-state index in [2.05, 4.69) is 15.7 Å². The Balaban J connectivity index is 1.44. The fraction of sp³-hybridized carbons (Fsp3) is 0.190. The Bertz CT molecular complexity index is 1040. The Labute approximate surface area is 167 Å². The van der Waals surface area contributed by atoms with E-state index in [1.807, 2.05) is 30.3 Å². The summed E-state index contributed by atoms with van der Waals surface area (Å²) in [5, 5.41) is 10.4. The third-order valence-electron chi connectivity index (χ3n) is 4.53. The number of anilines is 1. The van der Waals surface area contributed by atoms with Crippen molar-refractivity contribution in [2.24, 2.45) is 0 Å². The van der Waals surface area contributed by atoms with E-state index in [4.69, 9.17) is 11.6 Å². The highest BCUT2D eigenvalue weighted by molar-refractivity contribution is 6.32. The molecule has 0 radical (unpaired) electrons. The van der Waals surface area contributed by atoms with E-state index < -0.39 is 0 Å². The van der Waals surface area contributed by atoms with Gasteiger partial charge in [0, 0.05) is 18.2 Å². The number of carbonyl (C=O) groups is 1. The zero-order valence-electron chi connectivity index (χ0n) is 15.1. The van der Waals surface area contributed by atoms with Gasteiger partial charge in [-0.3, -0.25) is 9.59 Å². The summed E-state index contributed by atoms with van der Waals surface area (Å²) in [5.74, 6) is -0.0428. The van der Waals surface area contributed by atoms with Crippen LogP contribution in [0, 0.1) is 0 Å². The fourth-order valence-electron chi connectivity index (χ4n) is 2.78. The third kappa shape index (κ3) is 4.07. The second-order valence-corrected chi connectivity index (χ2v) is 7.10. The van der Waals surface area contributed by atoms with Crippen molar-refractivity contribution in [3.8, 4) is 5.69 Å². The molecule has 1 heterocycles. The van der Waals surface area contributed by atoms with Crippen molar-refractivity contribution >= 4 is 23.2 Å². The average molecular weight is 395 g/mol. The molecule has 4 rings (SSSR count). The highest BCUT2D eigenvalue weighted by atomic mass is 35.5. The van der Waals surface area contributed by atoms with Crippen LogP contribution in [0.5, 0.6) is 0 Å². The molecule has 1 saturated carbocycles. The number of rotatable bonds is 6. The maximum atomic E-state index is 12.5. The van der Waals surface area contributed by atoms with Gasteiger partial charge in [-0.2, -0.15) is 9.78 Å². The summed E-state index contributed by atoms with van der Waals surface area (Å²) in [6, 6.07) is 16.8. The molecule has 0 saturated heterocycles. The number of carbonyl (C=O) groups excluding carboxylic acids is 1. The maximum absolute atomic E-state index is 12.5. The number of hydrogen-bond donors (Lipinski definition) is 2. The molecule has 1 fully saturated rings. The summed E-state index contributed by atoms with van der Waals surface area (Å²) in [6.07, 6.45) is 3.66. The van der Waals surface area contributed by atoms with Crippen molar-refractivity contribution in [1.82, 2.24) is 15.1 Å². The van der Waals surface area contributed by atoms with Crippen LogP contribution < -0.4 is 16.2 Å². The third-order valence-corrected chi connectivity index (χ3v) is 4.90. The smallest absolute Gasteiger partial charge is 0.292 e. The van der Waals surface area contributed by atoms with Gasteiger partial charge in [0.1, 0.15) is 5.02 Å². The number of nitrogens with one attached hydrogen (secondary N) is 2. The van der Waals surface area contributed by atoms with Crippen molar-refractivity contribution in [2.75, 3.05) is 5.32 Å². The number of amides is 1. The van der Waals surface area contributed by atoms with Gasteiger partial charge in [-0.25, -0.2) is 0 Å². The molecule has 0 bridgehead atoms. The number of hydrogen-bond acceptors (Lipinski definition) is 4. The van der Waals surface area contributed by atoms with Crippen LogP contribution in [0.2, 0.25) is 5.02 Å². The van der Waals surface area contributed by atoms with Gasteiger partial charge < -0.3 is 10.6 Å². The summed E-state index contributed by atoms with van der Waals surface area (Å²) in [5.41, 5.74) is 2.34. The Morgan fingerprint density at radius 3 is 2.50 bits per heavy atom. The molecule has 142 valence electrons. The van der Waals surface area contributed by atoms with Crippen LogP contribution in [0.15, 0.2) is 65.6 Å². The first kappa shape index (κ1) is 18.3. The molecule has 3 aromatic rings. The highest BCUT2D eigenvalue weighted by Crippen LogP contribution is 2.20. The van der Waals surface area contributed by atoms with Crippen LogP contribution in [-0.4, -0.2) is 21.7 Å². The zero-order chi connectivity index (χ0) is 19.5. The van der Waals surface area contributed by atoms with Gasteiger partial charge in [0.15, 0.2) is 0 Å². The highest BCUT2D eigenvalue weighted by Gasteiger charge is 2.23. The second kappa shape index (κ2) is 7.86. The standard InChI is InChI=1S/C21H19ClN4O2/c22-19-18(13-24-26(21(19)28)17-4-2-1-3-5-17)23-12-14-6-8-15(9-7-14)20(27)25-16-10-11-16/h1-9,13,16,23H,10-12H2,(H,25,27). The van der Waals surface area contributed by atoms with E-state index in [0.717, 1.165) is 18.4 Å². The number of para-hydroxylation sites is 1. The lowest BCUT2D eigenvalue weighted by Gasteiger charge is -2.11. The summed E-state index contributed by atoms with van der Waals surface area (Å²) in [4.78, 5) is 24.5. The minimum absolute atomic E-state index is 0.0428. The predicted octanol–water partition coefficient (Wildman–Crippen LogP) is 3.39. The molecular formula is C21H19ClN4O2. The lowest BCUT2D eigenvalue weighted by Crippen LogP contribution is -2.25. The molecule has 7 heteroatoms. The summed E-state index contributed by atoms with van der Waals surface area (Å²) in [7, 11) is 0. The summed E-state index contributed by atoms with van der Waals surface area (Å²) in [6.45, 7) is 0.459.